The lowest BCUT2D eigenvalue weighted by Crippen LogP contribution is -2.20. The largest absolute Gasteiger partial charge is 0.496 e. The molecular weight excluding hydrogens is 238 g/mol. The molecule has 4 nitrogen and oxygen atoms in total. The van der Waals surface area contributed by atoms with Crippen LogP contribution in [0.5, 0.6) is 5.75 Å². The molecule has 0 radical (unpaired) electrons. The highest BCUT2D eigenvalue weighted by Crippen LogP contribution is 2.22. The average molecular weight is 259 g/mol. The molecule has 0 saturated heterocycles. The minimum Gasteiger partial charge on any atom is -0.496 e. The molecule has 0 spiro atoms. The number of methoxy groups -OCH3 is 1. The molecule has 1 aromatic carbocycles. The second kappa shape index (κ2) is 6.38. The Labute approximate surface area is 114 Å². The topological polar surface area (TPSA) is 53.1 Å². The maximum atomic E-state index is 5.89. The number of para-hydroxylation sites is 1. The zero-order valence-electron chi connectivity index (χ0n) is 11.5. The number of benzene rings is 1. The van der Waals surface area contributed by atoms with Crippen molar-refractivity contribution in [3.05, 3.63) is 47.8 Å². The Balaban J connectivity index is 2.06. The lowest BCUT2D eigenvalue weighted by Gasteiger charge is -2.15. The van der Waals surface area contributed by atoms with Gasteiger partial charge in [-0.3, -0.25) is 4.68 Å². The van der Waals surface area contributed by atoms with Crippen LogP contribution in [0.3, 0.4) is 0 Å². The standard InChI is InChI=1S/C15H21N3O/c1-18-8-7-14(17-18)10-12(11-16)9-13-5-3-4-6-15(13)19-2/h3-8,12H,9-11,16H2,1-2H3. The fraction of sp³-hybridized carbons (Fsp3) is 0.400. The molecule has 0 bridgehead atoms. The van der Waals surface area contributed by atoms with Gasteiger partial charge in [0, 0.05) is 13.2 Å². The van der Waals surface area contributed by atoms with E-state index in [-0.39, 0.29) is 0 Å². The molecule has 0 amide bonds. The summed E-state index contributed by atoms with van der Waals surface area (Å²) in [6.07, 6.45) is 3.78. The molecular formula is C15H21N3O. The summed E-state index contributed by atoms with van der Waals surface area (Å²) in [5, 5.41) is 4.41. The Morgan fingerprint density at radius 3 is 2.68 bits per heavy atom. The SMILES string of the molecule is COc1ccccc1CC(CN)Cc1ccn(C)n1. The first-order chi connectivity index (χ1) is 9.22. The predicted molar refractivity (Wildman–Crippen MR) is 76.2 cm³/mol. The van der Waals surface area contributed by atoms with E-state index in [1.54, 1.807) is 7.11 Å². The highest BCUT2D eigenvalue weighted by atomic mass is 16.5. The van der Waals surface area contributed by atoms with Gasteiger partial charge in [-0.2, -0.15) is 5.10 Å². The lowest BCUT2D eigenvalue weighted by molar-refractivity contribution is 0.403. The van der Waals surface area contributed by atoms with Crippen molar-refractivity contribution in [2.45, 2.75) is 12.8 Å². The van der Waals surface area contributed by atoms with Gasteiger partial charge in [0.25, 0.3) is 0 Å². The van der Waals surface area contributed by atoms with Crippen LogP contribution in [0, 0.1) is 5.92 Å². The fourth-order valence-electron chi connectivity index (χ4n) is 2.29. The molecule has 0 aliphatic heterocycles. The Hall–Kier alpha value is -1.81. The zero-order valence-corrected chi connectivity index (χ0v) is 11.5. The minimum atomic E-state index is 0.381. The fourth-order valence-corrected chi connectivity index (χ4v) is 2.29. The summed E-state index contributed by atoms with van der Waals surface area (Å²) in [5.74, 6) is 1.31. The van der Waals surface area contributed by atoms with Crippen LogP contribution < -0.4 is 10.5 Å². The molecule has 0 aliphatic rings. The molecule has 0 saturated carbocycles. The van der Waals surface area contributed by atoms with Crippen molar-refractivity contribution in [1.82, 2.24) is 9.78 Å². The Kier molecular flexibility index (Phi) is 4.58. The van der Waals surface area contributed by atoms with Crippen molar-refractivity contribution in [2.24, 2.45) is 18.7 Å². The number of hydrogen-bond acceptors (Lipinski definition) is 3. The van der Waals surface area contributed by atoms with E-state index < -0.39 is 0 Å². The van der Waals surface area contributed by atoms with Gasteiger partial charge in [0.2, 0.25) is 0 Å². The highest BCUT2D eigenvalue weighted by molar-refractivity contribution is 5.33. The Bertz CT molecular complexity index is 522. The van der Waals surface area contributed by atoms with Gasteiger partial charge >= 0.3 is 0 Å². The van der Waals surface area contributed by atoms with E-state index in [1.807, 2.05) is 42.2 Å². The molecule has 2 rings (SSSR count). The first-order valence-electron chi connectivity index (χ1n) is 6.53. The summed E-state index contributed by atoms with van der Waals surface area (Å²) in [6.45, 7) is 0.647. The summed E-state index contributed by atoms with van der Waals surface area (Å²) >= 11 is 0. The zero-order chi connectivity index (χ0) is 13.7. The van der Waals surface area contributed by atoms with Crippen LogP contribution in [0.15, 0.2) is 36.5 Å². The molecule has 0 aliphatic carbocycles. The van der Waals surface area contributed by atoms with Crippen LogP contribution >= 0.6 is 0 Å². The van der Waals surface area contributed by atoms with Gasteiger partial charge in [0.1, 0.15) is 5.75 Å². The maximum Gasteiger partial charge on any atom is 0.122 e. The first-order valence-corrected chi connectivity index (χ1v) is 6.53. The highest BCUT2D eigenvalue weighted by Gasteiger charge is 2.13. The smallest absolute Gasteiger partial charge is 0.122 e. The van der Waals surface area contributed by atoms with E-state index >= 15 is 0 Å². The van der Waals surface area contributed by atoms with Gasteiger partial charge in [0.05, 0.1) is 12.8 Å². The van der Waals surface area contributed by atoms with Crippen LogP contribution in [0.25, 0.3) is 0 Å². The summed E-state index contributed by atoms with van der Waals surface area (Å²) < 4.78 is 7.21. The van der Waals surface area contributed by atoms with E-state index in [4.69, 9.17) is 10.5 Å². The van der Waals surface area contributed by atoms with Crippen LogP contribution in [0.4, 0.5) is 0 Å². The van der Waals surface area contributed by atoms with Crippen LogP contribution in [0.2, 0.25) is 0 Å². The van der Waals surface area contributed by atoms with E-state index in [0.717, 1.165) is 24.3 Å². The predicted octanol–water partition coefficient (Wildman–Crippen LogP) is 1.79. The van der Waals surface area contributed by atoms with Crippen molar-refractivity contribution in [2.75, 3.05) is 13.7 Å². The third kappa shape index (κ3) is 3.58. The third-order valence-electron chi connectivity index (χ3n) is 3.30. The number of hydrogen-bond donors (Lipinski definition) is 1. The van der Waals surface area contributed by atoms with Crippen molar-refractivity contribution >= 4 is 0 Å². The summed E-state index contributed by atoms with van der Waals surface area (Å²) in [7, 11) is 3.64. The Morgan fingerprint density at radius 2 is 2.05 bits per heavy atom. The van der Waals surface area contributed by atoms with Crippen molar-refractivity contribution in [3.8, 4) is 5.75 Å². The number of rotatable bonds is 6. The summed E-state index contributed by atoms with van der Waals surface area (Å²) in [6, 6.07) is 10.2. The van der Waals surface area contributed by atoms with Gasteiger partial charge in [-0.25, -0.2) is 0 Å². The first kappa shape index (κ1) is 13.6. The molecule has 102 valence electrons. The van der Waals surface area contributed by atoms with Crippen molar-refractivity contribution in [1.29, 1.82) is 0 Å². The van der Waals surface area contributed by atoms with E-state index in [9.17, 15) is 0 Å². The quantitative estimate of drug-likeness (QED) is 0.860. The molecule has 1 aromatic heterocycles. The summed E-state index contributed by atoms with van der Waals surface area (Å²) in [5.41, 5.74) is 8.19. The van der Waals surface area contributed by atoms with Crippen molar-refractivity contribution in [3.63, 3.8) is 0 Å². The average Bonchev–Trinajstić information content (AvgIpc) is 2.84. The number of nitrogens with two attached hydrogens (primary N) is 1. The van der Waals surface area contributed by atoms with E-state index in [0.29, 0.717) is 12.5 Å². The van der Waals surface area contributed by atoms with Crippen LogP contribution in [0.1, 0.15) is 11.3 Å². The second-order valence-corrected chi connectivity index (χ2v) is 4.80. The molecule has 1 unspecified atom stereocenters. The van der Waals surface area contributed by atoms with E-state index in [2.05, 4.69) is 11.2 Å². The van der Waals surface area contributed by atoms with Gasteiger partial charge in [-0.1, -0.05) is 18.2 Å². The maximum absolute atomic E-state index is 5.89. The lowest BCUT2D eigenvalue weighted by atomic mass is 9.94. The van der Waals surface area contributed by atoms with Crippen LogP contribution in [-0.2, 0) is 19.9 Å². The third-order valence-corrected chi connectivity index (χ3v) is 3.30. The van der Waals surface area contributed by atoms with Crippen LogP contribution in [-0.4, -0.2) is 23.4 Å². The summed E-state index contributed by atoms with van der Waals surface area (Å²) in [4.78, 5) is 0. The normalized spacial score (nSPS) is 12.4. The van der Waals surface area contributed by atoms with Gasteiger partial charge in [-0.15, -0.1) is 0 Å². The molecule has 19 heavy (non-hydrogen) atoms. The Morgan fingerprint density at radius 1 is 1.26 bits per heavy atom. The molecule has 1 atom stereocenters. The molecule has 2 aromatic rings. The second-order valence-electron chi connectivity index (χ2n) is 4.80. The van der Waals surface area contributed by atoms with Gasteiger partial charge in [0.15, 0.2) is 0 Å². The minimum absolute atomic E-state index is 0.381. The number of aromatic nitrogens is 2. The molecule has 4 heteroatoms. The van der Waals surface area contributed by atoms with Gasteiger partial charge in [-0.05, 0) is 43.0 Å². The molecule has 2 N–H and O–H groups in total. The number of aryl methyl sites for hydroxylation is 1. The van der Waals surface area contributed by atoms with Crippen molar-refractivity contribution < 1.29 is 4.74 Å². The number of nitrogens with zero attached hydrogens (tertiary/aromatic N) is 2. The number of ether oxygens (including phenoxy) is 1. The van der Waals surface area contributed by atoms with E-state index in [1.165, 1.54) is 5.56 Å². The molecule has 1 heterocycles. The monoisotopic (exact) mass is 259 g/mol. The van der Waals surface area contributed by atoms with Gasteiger partial charge < -0.3 is 10.5 Å². The molecule has 0 fully saturated rings.